The largest absolute Gasteiger partial charge is 0.240 e. The van der Waals surface area contributed by atoms with Crippen LogP contribution in [-0.4, -0.2) is 20.3 Å². The van der Waals surface area contributed by atoms with E-state index in [9.17, 15) is 12.8 Å². The molecule has 0 bridgehead atoms. The Morgan fingerprint density at radius 1 is 1.35 bits per heavy atom. The summed E-state index contributed by atoms with van der Waals surface area (Å²) in [6, 6.07) is 3.70. The first-order chi connectivity index (χ1) is 9.18. The average Bonchev–Trinajstić information content (AvgIpc) is 2.34. The standard InChI is InChI=1S/C14H21BrFNO2S/c1-11-9-12(16)5-6-13(11)20(18,19)17-10-14(2,3)7-4-8-15/h5-6,9,17H,4,7-8,10H2,1-3H3. The van der Waals surface area contributed by atoms with Crippen LogP contribution in [0.5, 0.6) is 0 Å². The van der Waals surface area contributed by atoms with Gasteiger partial charge in [-0.2, -0.15) is 0 Å². The Morgan fingerprint density at radius 3 is 2.55 bits per heavy atom. The fraction of sp³-hybridized carbons (Fsp3) is 0.571. The van der Waals surface area contributed by atoms with Gasteiger partial charge in [-0.25, -0.2) is 17.5 Å². The highest BCUT2D eigenvalue weighted by atomic mass is 79.9. The number of sulfonamides is 1. The molecule has 1 aromatic carbocycles. The van der Waals surface area contributed by atoms with Crippen molar-refractivity contribution in [2.75, 3.05) is 11.9 Å². The maximum atomic E-state index is 13.0. The van der Waals surface area contributed by atoms with Crippen molar-refractivity contribution in [1.29, 1.82) is 0 Å². The molecule has 0 heterocycles. The number of rotatable bonds is 7. The Balaban J connectivity index is 2.80. The predicted molar refractivity (Wildman–Crippen MR) is 83.1 cm³/mol. The Bertz CT molecular complexity index is 558. The lowest BCUT2D eigenvalue weighted by Gasteiger charge is -2.24. The molecule has 0 saturated heterocycles. The molecule has 3 nitrogen and oxygen atoms in total. The van der Waals surface area contributed by atoms with Gasteiger partial charge in [0.25, 0.3) is 0 Å². The van der Waals surface area contributed by atoms with Gasteiger partial charge in [0.05, 0.1) is 4.90 Å². The van der Waals surface area contributed by atoms with Crippen LogP contribution < -0.4 is 4.72 Å². The molecule has 0 aliphatic rings. The van der Waals surface area contributed by atoms with Crippen LogP contribution in [0, 0.1) is 18.2 Å². The second kappa shape index (κ2) is 7.00. The third-order valence-electron chi connectivity index (χ3n) is 3.15. The molecule has 0 atom stereocenters. The number of nitrogens with one attached hydrogen (secondary N) is 1. The lowest BCUT2D eigenvalue weighted by molar-refractivity contribution is 0.332. The first-order valence-corrected chi connectivity index (χ1v) is 9.10. The molecular weight excluding hydrogens is 345 g/mol. The fourth-order valence-corrected chi connectivity index (χ4v) is 3.66. The van der Waals surface area contributed by atoms with Gasteiger partial charge in [-0.3, -0.25) is 0 Å². The van der Waals surface area contributed by atoms with Crippen LogP contribution >= 0.6 is 15.9 Å². The van der Waals surface area contributed by atoms with E-state index >= 15 is 0 Å². The number of hydrogen-bond acceptors (Lipinski definition) is 2. The lowest BCUT2D eigenvalue weighted by atomic mass is 9.88. The van der Waals surface area contributed by atoms with Gasteiger partial charge >= 0.3 is 0 Å². The summed E-state index contributed by atoms with van der Waals surface area (Å²) >= 11 is 3.37. The summed E-state index contributed by atoms with van der Waals surface area (Å²) in [7, 11) is -3.59. The van der Waals surface area contributed by atoms with Crippen molar-refractivity contribution in [3.05, 3.63) is 29.6 Å². The quantitative estimate of drug-likeness (QED) is 0.750. The van der Waals surface area contributed by atoms with E-state index < -0.39 is 15.8 Å². The van der Waals surface area contributed by atoms with Crippen LogP contribution in [0.15, 0.2) is 23.1 Å². The van der Waals surface area contributed by atoms with Gasteiger partial charge in [-0.05, 0) is 48.9 Å². The van der Waals surface area contributed by atoms with E-state index in [2.05, 4.69) is 20.7 Å². The summed E-state index contributed by atoms with van der Waals surface area (Å²) in [6.07, 6.45) is 1.91. The minimum Gasteiger partial charge on any atom is -0.211 e. The number of benzene rings is 1. The molecule has 0 amide bonds. The zero-order valence-electron chi connectivity index (χ0n) is 12.0. The average molecular weight is 366 g/mol. The molecule has 0 radical (unpaired) electrons. The van der Waals surface area contributed by atoms with Crippen LogP contribution in [0.2, 0.25) is 0 Å². The van der Waals surface area contributed by atoms with E-state index in [-0.39, 0.29) is 10.3 Å². The fourth-order valence-electron chi connectivity index (χ4n) is 1.92. The van der Waals surface area contributed by atoms with Crippen molar-refractivity contribution in [3.8, 4) is 0 Å². The second-order valence-electron chi connectivity index (χ2n) is 5.69. The zero-order valence-corrected chi connectivity index (χ0v) is 14.4. The third-order valence-corrected chi connectivity index (χ3v) is 5.28. The number of halogens is 2. The molecule has 1 rings (SSSR count). The van der Waals surface area contributed by atoms with Gasteiger partial charge in [0.1, 0.15) is 5.82 Å². The molecule has 0 aliphatic carbocycles. The van der Waals surface area contributed by atoms with Crippen molar-refractivity contribution in [2.24, 2.45) is 5.41 Å². The van der Waals surface area contributed by atoms with Crippen molar-refractivity contribution in [3.63, 3.8) is 0 Å². The highest BCUT2D eigenvalue weighted by Crippen LogP contribution is 2.23. The van der Waals surface area contributed by atoms with Gasteiger partial charge < -0.3 is 0 Å². The minimum atomic E-state index is -3.59. The molecular formula is C14H21BrFNO2S. The van der Waals surface area contributed by atoms with Crippen molar-refractivity contribution >= 4 is 26.0 Å². The maximum absolute atomic E-state index is 13.0. The lowest BCUT2D eigenvalue weighted by Crippen LogP contribution is -2.34. The van der Waals surface area contributed by atoms with Crippen molar-refractivity contribution < 1.29 is 12.8 Å². The summed E-state index contributed by atoms with van der Waals surface area (Å²) in [4.78, 5) is 0.134. The SMILES string of the molecule is Cc1cc(F)ccc1S(=O)(=O)NCC(C)(C)CCCBr. The van der Waals surface area contributed by atoms with Gasteiger partial charge in [0.2, 0.25) is 10.0 Å². The van der Waals surface area contributed by atoms with E-state index in [4.69, 9.17) is 0 Å². The van der Waals surface area contributed by atoms with Gasteiger partial charge in [-0.1, -0.05) is 29.8 Å². The monoisotopic (exact) mass is 365 g/mol. The summed E-state index contributed by atoms with van der Waals surface area (Å²) in [5.74, 6) is -0.431. The van der Waals surface area contributed by atoms with E-state index in [1.54, 1.807) is 6.92 Å². The van der Waals surface area contributed by atoms with E-state index in [0.29, 0.717) is 12.1 Å². The highest BCUT2D eigenvalue weighted by molar-refractivity contribution is 9.09. The maximum Gasteiger partial charge on any atom is 0.240 e. The van der Waals surface area contributed by atoms with Gasteiger partial charge in [-0.15, -0.1) is 0 Å². The molecule has 1 N–H and O–H groups in total. The van der Waals surface area contributed by atoms with Crippen LogP contribution in [0.4, 0.5) is 4.39 Å². The first-order valence-electron chi connectivity index (χ1n) is 6.50. The Hall–Kier alpha value is -0.460. The summed E-state index contributed by atoms with van der Waals surface area (Å²) in [5, 5.41) is 0.903. The zero-order chi connectivity index (χ0) is 15.4. The van der Waals surface area contributed by atoms with Crippen LogP contribution in [0.1, 0.15) is 32.3 Å². The summed E-state index contributed by atoms with van der Waals surface area (Å²) in [6.45, 7) is 6.00. The van der Waals surface area contributed by atoms with Crippen LogP contribution in [-0.2, 0) is 10.0 Å². The van der Waals surface area contributed by atoms with E-state index in [1.807, 2.05) is 13.8 Å². The molecule has 0 spiro atoms. The van der Waals surface area contributed by atoms with Crippen molar-refractivity contribution in [2.45, 2.75) is 38.5 Å². The molecule has 0 saturated carbocycles. The summed E-state index contributed by atoms with van der Waals surface area (Å²) in [5.41, 5.74) is 0.296. The summed E-state index contributed by atoms with van der Waals surface area (Å²) < 4.78 is 40.1. The second-order valence-corrected chi connectivity index (χ2v) is 8.22. The number of alkyl halides is 1. The van der Waals surface area contributed by atoms with Gasteiger partial charge in [0, 0.05) is 11.9 Å². The number of hydrogen-bond donors (Lipinski definition) is 1. The molecule has 1 aromatic rings. The minimum absolute atomic E-state index is 0.116. The van der Waals surface area contributed by atoms with E-state index in [1.165, 1.54) is 12.1 Å². The van der Waals surface area contributed by atoms with Gasteiger partial charge in [0.15, 0.2) is 0 Å². The third kappa shape index (κ3) is 5.14. The van der Waals surface area contributed by atoms with Crippen molar-refractivity contribution in [1.82, 2.24) is 4.72 Å². The molecule has 0 aromatic heterocycles. The molecule has 20 heavy (non-hydrogen) atoms. The predicted octanol–water partition coefficient (Wildman–Crippen LogP) is 3.61. The topological polar surface area (TPSA) is 46.2 Å². The highest BCUT2D eigenvalue weighted by Gasteiger charge is 2.23. The Labute approximate surface area is 129 Å². The smallest absolute Gasteiger partial charge is 0.211 e. The first kappa shape index (κ1) is 17.6. The Morgan fingerprint density at radius 2 is 2.00 bits per heavy atom. The Kier molecular flexibility index (Phi) is 6.16. The molecule has 6 heteroatoms. The molecule has 0 unspecified atom stereocenters. The molecule has 0 fully saturated rings. The van der Waals surface area contributed by atoms with E-state index in [0.717, 1.165) is 24.2 Å². The van der Waals surface area contributed by atoms with Crippen LogP contribution in [0.25, 0.3) is 0 Å². The van der Waals surface area contributed by atoms with Crippen LogP contribution in [0.3, 0.4) is 0 Å². The molecule has 0 aliphatic heterocycles. The molecule has 114 valence electrons. The number of aryl methyl sites for hydroxylation is 1. The normalized spacial score (nSPS) is 12.7.